The largest absolute Gasteiger partial charge is 0.385 e. The van der Waals surface area contributed by atoms with E-state index in [-0.39, 0.29) is 17.1 Å². The van der Waals surface area contributed by atoms with Crippen LogP contribution in [0.5, 0.6) is 0 Å². The summed E-state index contributed by atoms with van der Waals surface area (Å²) in [5.74, 6) is 0.210. The van der Waals surface area contributed by atoms with Gasteiger partial charge in [0.15, 0.2) is 0 Å². The summed E-state index contributed by atoms with van der Waals surface area (Å²) in [4.78, 5) is 24.9. The van der Waals surface area contributed by atoms with Gasteiger partial charge < -0.3 is 5.73 Å². The lowest BCUT2D eigenvalue weighted by atomic mass is 10.1. The van der Waals surface area contributed by atoms with E-state index < -0.39 is 0 Å². The average Bonchev–Trinajstić information content (AvgIpc) is 2.63. The van der Waals surface area contributed by atoms with E-state index >= 15 is 0 Å². The minimum Gasteiger partial charge on any atom is -0.385 e. The third-order valence-electron chi connectivity index (χ3n) is 4.24. The van der Waals surface area contributed by atoms with Crippen LogP contribution in [0.25, 0.3) is 0 Å². The third kappa shape index (κ3) is 4.07. The van der Waals surface area contributed by atoms with Gasteiger partial charge >= 0.3 is 5.69 Å². The standard InChI is InChI=1S/C20H21N3O2/c21-18-15-19(24)23(14-12-17-9-5-2-6-10-17)20(25)22(18)13-11-16-7-3-1-4-8-16/h1-10,15H,11-14,21H2. The van der Waals surface area contributed by atoms with E-state index in [4.69, 9.17) is 5.73 Å². The number of aromatic nitrogens is 2. The lowest BCUT2D eigenvalue weighted by molar-refractivity contribution is 0.556. The Morgan fingerprint density at radius 1 is 0.720 bits per heavy atom. The van der Waals surface area contributed by atoms with Gasteiger partial charge in [0.25, 0.3) is 5.56 Å². The molecule has 0 radical (unpaired) electrons. The van der Waals surface area contributed by atoms with E-state index in [1.807, 2.05) is 60.7 Å². The molecule has 1 aromatic heterocycles. The zero-order valence-electron chi connectivity index (χ0n) is 14.0. The van der Waals surface area contributed by atoms with Crippen molar-refractivity contribution in [1.82, 2.24) is 9.13 Å². The molecule has 0 bridgehead atoms. The number of nitrogens with two attached hydrogens (primary N) is 1. The number of hydrogen-bond donors (Lipinski definition) is 1. The number of benzene rings is 2. The summed E-state index contributed by atoms with van der Waals surface area (Å²) in [7, 11) is 0. The second kappa shape index (κ2) is 7.66. The highest BCUT2D eigenvalue weighted by Crippen LogP contribution is 2.04. The van der Waals surface area contributed by atoms with Crippen molar-refractivity contribution in [3.05, 3.63) is 98.7 Å². The maximum absolute atomic E-state index is 12.7. The van der Waals surface area contributed by atoms with Crippen molar-refractivity contribution >= 4 is 5.82 Å². The first-order valence-electron chi connectivity index (χ1n) is 8.33. The topological polar surface area (TPSA) is 70.0 Å². The number of aryl methyl sites for hydroxylation is 2. The van der Waals surface area contributed by atoms with Crippen LogP contribution in [0.15, 0.2) is 76.3 Å². The molecule has 2 aromatic carbocycles. The van der Waals surface area contributed by atoms with E-state index in [1.165, 1.54) is 15.2 Å². The van der Waals surface area contributed by atoms with Crippen LogP contribution in [0.2, 0.25) is 0 Å². The monoisotopic (exact) mass is 335 g/mol. The van der Waals surface area contributed by atoms with Crippen LogP contribution in [0, 0.1) is 0 Å². The van der Waals surface area contributed by atoms with Crippen LogP contribution in [0.3, 0.4) is 0 Å². The van der Waals surface area contributed by atoms with Gasteiger partial charge in [0.1, 0.15) is 5.82 Å². The molecule has 0 saturated carbocycles. The highest BCUT2D eigenvalue weighted by molar-refractivity contribution is 5.27. The molecule has 0 aliphatic heterocycles. The predicted octanol–water partition coefficient (Wildman–Crippen LogP) is 2.08. The zero-order valence-corrected chi connectivity index (χ0v) is 14.0. The highest BCUT2D eigenvalue weighted by atomic mass is 16.2. The van der Waals surface area contributed by atoms with Crippen LogP contribution in [0.1, 0.15) is 11.1 Å². The molecule has 0 aliphatic carbocycles. The molecule has 1 heterocycles. The minimum atomic E-state index is -0.352. The van der Waals surface area contributed by atoms with Crippen molar-refractivity contribution < 1.29 is 0 Å². The lowest BCUT2D eigenvalue weighted by Crippen LogP contribution is -2.41. The smallest absolute Gasteiger partial charge is 0.332 e. The van der Waals surface area contributed by atoms with E-state index in [1.54, 1.807) is 0 Å². The fourth-order valence-corrected chi connectivity index (χ4v) is 2.83. The first kappa shape index (κ1) is 16.8. The highest BCUT2D eigenvalue weighted by Gasteiger charge is 2.09. The Morgan fingerprint density at radius 2 is 1.20 bits per heavy atom. The molecule has 5 heteroatoms. The SMILES string of the molecule is Nc1cc(=O)n(CCc2ccccc2)c(=O)n1CCc1ccccc1. The summed E-state index contributed by atoms with van der Waals surface area (Å²) < 4.78 is 2.73. The second-order valence-corrected chi connectivity index (χ2v) is 5.96. The number of anilines is 1. The van der Waals surface area contributed by atoms with Gasteiger partial charge in [0, 0.05) is 19.2 Å². The third-order valence-corrected chi connectivity index (χ3v) is 4.24. The first-order valence-corrected chi connectivity index (χ1v) is 8.33. The fourth-order valence-electron chi connectivity index (χ4n) is 2.83. The van der Waals surface area contributed by atoms with E-state index in [2.05, 4.69) is 0 Å². The maximum atomic E-state index is 12.7. The Morgan fingerprint density at radius 3 is 1.72 bits per heavy atom. The number of nitrogens with zero attached hydrogens (tertiary/aromatic N) is 2. The summed E-state index contributed by atoms with van der Waals surface area (Å²) in [6, 6.07) is 21.0. The molecular formula is C20H21N3O2. The second-order valence-electron chi connectivity index (χ2n) is 5.96. The van der Waals surface area contributed by atoms with Crippen LogP contribution in [-0.2, 0) is 25.9 Å². The number of rotatable bonds is 6. The molecule has 128 valence electrons. The summed E-state index contributed by atoms with van der Waals surface area (Å²) in [6.07, 6.45) is 1.31. The summed E-state index contributed by atoms with van der Waals surface area (Å²) in [5.41, 5.74) is 7.42. The average molecular weight is 335 g/mol. The lowest BCUT2D eigenvalue weighted by Gasteiger charge is -2.13. The molecule has 2 N–H and O–H groups in total. The maximum Gasteiger partial charge on any atom is 0.332 e. The van der Waals surface area contributed by atoms with Crippen LogP contribution in [-0.4, -0.2) is 9.13 Å². The Bertz CT molecular complexity index is 944. The molecule has 0 atom stereocenters. The Kier molecular flexibility index (Phi) is 5.14. The van der Waals surface area contributed by atoms with Crippen molar-refractivity contribution in [2.75, 3.05) is 5.73 Å². The number of nitrogen functional groups attached to an aromatic ring is 1. The Hall–Kier alpha value is -3.08. The van der Waals surface area contributed by atoms with Crippen molar-refractivity contribution in [2.24, 2.45) is 0 Å². The molecule has 0 amide bonds. The fraction of sp³-hybridized carbons (Fsp3) is 0.200. The van der Waals surface area contributed by atoms with Crippen molar-refractivity contribution in [3.63, 3.8) is 0 Å². The minimum absolute atomic E-state index is 0.210. The molecule has 0 unspecified atom stereocenters. The van der Waals surface area contributed by atoms with Gasteiger partial charge in [-0.05, 0) is 24.0 Å². The van der Waals surface area contributed by atoms with Gasteiger partial charge in [-0.1, -0.05) is 60.7 Å². The van der Waals surface area contributed by atoms with Gasteiger partial charge in [0.05, 0.1) is 0 Å². The number of hydrogen-bond acceptors (Lipinski definition) is 3. The van der Waals surface area contributed by atoms with Crippen LogP contribution in [0.4, 0.5) is 5.82 Å². The van der Waals surface area contributed by atoms with Crippen molar-refractivity contribution in [3.8, 4) is 0 Å². The molecule has 3 aromatic rings. The van der Waals surface area contributed by atoms with Crippen LogP contribution >= 0.6 is 0 Å². The molecular weight excluding hydrogens is 314 g/mol. The zero-order chi connectivity index (χ0) is 17.6. The molecule has 3 rings (SSSR count). The van der Waals surface area contributed by atoms with E-state index in [0.717, 1.165) is 11.1 Å². The van der Waals surface area contributed by atoms with Gasteiger partial charge in [-0.3, -0.25) is 13.9 Å². The summed E-state index contributed by atoms with van der Waals surface area (Å²) in [6.45, 7) is 0.785. The Balaban J connectivity index is 1.82. The van der Waals surface area contributed by atoms with Gasteiger partial charge in [-0.15, -0.1) is 0 Å². The van der Waals surface area contributed by atoms with Crippen molar-refractivity contribution in [1.29, 1.82) is 0 Å². The van der Waals surface area contributed by atoms with Gasteiger partial charge in [-0.2, -0.15) is 0 Å². The normalized spacial score (nSPS) is 10.7. The molecule has 0 fully saturated rings. The van der Waals surface area contributed by atoms with E-state index in [9.17, 15) is 9.59 Å². The molecule has 25 heavy (non-hydrogen) atoms. The quantitative estimate of drug-likeness (QED) is 0.750. The molecule has 0 aliphatic rings. The van der Waals surface area contributed by atoms with Crippen LogP contribution < -0.4 is 17.0 Å². The summed E-state index contributed by atoms with van der Waals surface area (Å²) in [5, 5.41) is 0. The predicted molar refractivity (Wildman–Crippen MR) is 99.7 cm³/mol. The van der Waals surface area contributed by atoms with Crippen molar-refractivity contribution in [2.45, 2.75) is 25.9 Å². The summed E-state index contributed by atoms with van der Waals surface area (Å²) >= 11 is 0. The molecule has 0 saturated heterocycles. The molecule has 0 spiro atoms. The molecule has 5 nitrogen and oxygen atoms in total. The first-order chi connectivity index (χ1) is 12.1. The van der Waals surface area contributed by atoms with E-state index in [0.29, 0.717) is 25.9 Å². The Labute approximate surface area is 146 Å². The van der Waals surface area contributed by atoms with Gasteiger partial charge in [0.2, 0.25) is 0 Å². The van der Waals surface area contributed by atoms with Gasteiger partial charge in [-0.25, -0.2) is 4.79 Å².